The van der Waals surface area contributed by atoms with Gasteiger partial charge in [-0.15, -0.1) is 4.98 Å². The lowest BCUT2D eigenvalue weighted by atomic mass is 10.2. The van der Waals surface area contributed by atoms with Crippen molar-refractivity contribution >= 4 is 39.6 Å². The molecule has 1 aliphatic rings. The highest BCUT2D eigenvalue weighted by Crippen LogP contribution is 2.29. The van der Waals surface area contributed by atoms with Gasteiger partial charge in [-0.05, 0) is 47.5 Å². The van der Waals surface area contributed by atoms with Gasteiger partial charge in [-0.3, -0.25) is 9.59 Å². The van der Waals surface area contributed by atoms with Crippen molar-refractivity contribution in [2.24, 2.45) is 0 Å². The molecule has 1 aliphatic heterocycles. The van der Waals surface area contributed by atoms with E-state index in [4.69, 9.17) is 37.4 Å². The average Bonchev–Trinajstić information content (AvgIpc) is 2.80. The summed E-state index contributed by atoms with van der Waals surface area (Å²) < 4.78 is 16.9. The zero-order valence-corrected chi connectivity index (χ0v) is 18.0. The summed E-state index contributed by atoms with van der Waals surface area (Å²) in [6.45, 7) is 2.11. The van der Waals surface area contributed by atoms with E-state index >= 15 is 0 Å². The Hall–Kier alpha value is -3.27. The first kappa shape index (κ1) is 21.9. The summed E-state index contributed by atoms with van der Waals surface area (Å²) in [5, 5.41) is -1.37. The molecule has 0 saturated carbocycles. The Bertz CT molecular complexity index is 1080. The Morgan fingerprint density at radius 1 is 0.781 bits per heavy atom. The molecule has 0 radical (unpaired) electrons. The minimum Gasteiger partial charge on any atom is -0.423 e. The lowest BCUT2D eigenvalue weighted by Crippen LogP contribution is -2.37. The predicted octanol–water partition coefficient (Wildman–Crippen LogP) is 4.05. The van der Waals surface area contributed by atoms with Gasteiger partial charge in [0.1, 0.15) is 11.5 Å². The van der Waals surface area contributed by atoms with Gasteiger partial charge in [-0.25, -0.2) is 0 Å². The molecule has 0 unspecified atom stereocenters. The van der Waals surface area contributed by atoms with Gasteiger partial charge in [0.05, 0.1) is 24.3 Å². The molecule has 0 bridgehead atoms. The van der Waals surface area contributed by atoms with Crippen molar-refractivity contribution in [1.82, 2.24) is 15.0 Å². The third-order valence-corrected chi connectivity index (χ3v) is 4.88. The summed E-state index contributed by atoms with van der Waals surface area (Å²) in [6.07, 6.45) is 0. The SMILES string of the molecule is O=C(Cl)c1ccccc1Oc1nc(Oc2ccccc2C(=O)Cl)nc(N2CCOCC2)n1. The molecule has 0 aliphatic carbocycles. The predicted molar refractivity (Wildman–Crippen MR) is 116 cm³/mol. The first-order valence-corrected chi connectivity index (χ1v) is 10.3. The van der Waals surface area contributed by atoms with Crippen LogP contribution in [-0.2, 0) is 4.74 Å². The molecule has 32 heavy (non-hydrogen) atoms. The second kappa shape index (κ2) is 9.90. The number of morpholine rings is 1. The van der Waals surface area contributed by atoms with Crippen molar-refractivity contribution < 1.29 is 23.8 Å². The standard InChI is InChI=1S/C21H16Cl2N4O5/c22-17(28)13-5-1-3-7-15(13)31-20-24-19(27-9-11-30-12-10-27)25-21(26-20)32-16-8-4-2-6-14(16)18(23)29/h1-8H,9-12H2. The van der Waals surface area contributed by atoms with Gasteiger partial charge in [-0.1, -0.05) is 24.3 Å². The van der Waals surface area contributed by atoms with E-state index in [1.165, 1.54) is 12.1 Å². The molecule has 11 heteroatoms. The van der Waals surface area contributed by atoms with Gasteiger partial charge in [0, 0.05) is 13.1 Å². The topological polar surface area (TPSA) is 104 Å². The average molecular weight is 475 g/mol. The number of para-hydroxylation sites is 2. The molecule has 9 nitrogen and oxygen atoms in total. The summed E-state index contributed by atoms with van der Waals surface area (Å²) in [4.78, 5) is 38.2. The zero-order chi connectivity index (χ0) is 22.5. The fourth-order valence-electron chi connectivity index (χ4n) is 2.96. The third-order valence-electron chi connectivity index (χ3n) is 4.48. The largest absolute Gasteiger partial charge is 0.423 e. The molecule has 1 saturated heterocycles. The van der Waals surface area contributed by atoms with Crippen LogP contribution in [-0.4, -0.2) is 51.7 Å². The Kier molecular flexibility index (Phi) is 6.79. The Morgan fingerprint density at radius 3 is 1.72 bits per heavy atom. The van der Waals surface area contributed by atoms with E-state index in [0.717, 1.165) is 0 Å². The van der Waals surface area contributed by atoms with Gasteiger partial charge < -0.3 is 19.1 Å². The number of benzene rings is 2. The van der Waals surface area contributed by atoms with Crippen molar-refractivity contribution in [3.05, 3.63) is 59.7 Å². The maximum Gasteiger partial charge on any atom is 0.330 e. The number of hydrogen-bond acceptors (Lipinski definition) is 9. The summed E-state index contributed by atoms with van der Waals surface area (Å²) in [6, 6.07) is 12.6. The second-order valence-electron chi connectivity index (χ2n) is 6.54. The van der Waals surface area contributed by atoms with E-state index in [-0.39, 0.29) is 40.6 Å². The van der Waals surface area contributed by atoms with E-state index in [9.17, 15) is 9.59 Å². The van der Waals surface area contributed by atoms with Crippen LogP contribution in [0.5, 0.6) is 23.5 Å². The molecule has 0 amide bonds. The smallest absolute Gasteiger partial charge is 0.330 e. The van der Waals surface area contributed by atoms with Crippen LogP contribution in [0.3, 0.4) is 0 Å². The minimum atomic E-state index is -0.686. The first-order chi connectivity index (χ1) is 15.5. The Labute approximate surface area is 192 Å². The van der Waals surface area contributed by atoms with Crippen molar-refractivity contribution in [2.75, 3.05) is 31.2 Å². The molecule has 164 valence electrons. The number of hydrogen-bond donors (Lipinski definition) is 0. The number of ether oxygens (including phenoxy) is 3. The lowest BCUT2D eigenvalue weighted by molar-refractivity contribution is 0.107. The second-order valence-corrected chi connectivity index (χ2v) is 7.23. The van der Waals surface area contributed by atoms with Crippen LogP contribution in [0.15, 0.2) is 48.5 Å². The number of anilines is 1. The Morgan fingerprint density at radius 2 is 1.25 bits per heavy atom. The normalized spacial score (nSPS) is 13.5. The molecule has 2 heterocycles. The maximum atomic E-state index is 11.7. The van der Waals surface area contributed by atoms with Gasteiger partial charge >= 0.3 is 12.0 Å². The number of halogens is 2. The summed E-state index contributed by atoms with van der Waals surface area (Å²) in [7, 11) is 0. The maximum absolute atomic E-state index is 11.7. The molecular formula is C21H16Cl2N4O5. The molecule has 0 N–H and O–H groups in total. The third kappa shape index (κ3) is 5.13. The minimum absolute atomic E-state index is 0.114. The molecule has 2 aromatic carbocycles. The van der Waals surface area contributed by atoms with E-state index < -0.39 is 10.5 Å². The van der Waals surface area contributed by atoms with E-state index in [0.29, 0.717) is 26.3 Å². The van der Waals surface area contributed by atoms with Gasteiger partial charge in [-0.2, -0.15) is 9.97 Å². The highest BCUT2D eigenvalue weighted by molar-refractivity contribution is 6.68. The monoisotopic (exact) mass is 474 g/mol. The van der Waals surface area contributed by atoms with Crippen molar-refractivity contribution in [3.63, 3.8) is 0 Å². The lowest BCUT2D eigenvalue weighted by Gasteiger charge is -2.26. The fourth-order valence-corrected chi connectivity index (χ4v) is 3.27. The highest BCUT2D eigenvalue weighted by Gasteiger charge is 2.21. The van der Waals surface area contributed by atoms with Crippen LogP contribution in [0, 0.1) is 0 Å². The number of carbonyl (C=O) groups excluding carboxylic acids is 2. The van der Waals surface area contributed by atoms with Crippen LogP contribution in [0.25, 0.3) is 0 Å². The quantitative estimate of drug-likeness (QED) is 0.468. The number of carbonyl (C=O) groups is 2. The van der Waals surface area contributed by atoms with E-state index in [2.05, 4.69) is 15.0 Å². The van der Waals surface area contributed by atoms with Crippen LogP contribution in [0.4, 0.5) is 5.95 Å². The molecular weight excluding hydrogens is 459 g/mol. The summed E-state index contributed by atoms with van der Waals surface area (Å²) >= 11 is 11.3. The van der Waals surface area contributed by atoms with Gasteiger partial charge in [0.25, 0.3) is 10.5 Å². The molecule has 1 aromatic heterocycles. The first-order valence-electron chi connectivity index (χ1n) is 9.53. The van der Waals surface area contributed by atoms with Gasteiger partial charge in [0.15, 0.2) is 0 Å². The van der Waals surface area contributed by atoms with Crippen molar-refractivity contribution in [3.8, 4) is 23.5 Å². The molecule has 0 spiro atoms. The van der Waals surface area contributed by atoms with Crippen LogP contribution in [0.1, 0.15) is 20.7 Å². The molecule has 3 aromatic rings. The van der Waals surface area contributed by atoms with Crippen molar-refractivity contribution in [2.45, 2.75) is 0 Å². The number of rotatable bonds is 7. The Balaban J connectivity index is 1.72. The highest BCUT2D eigenvalue weighted by atomic mass is 35.5. The molecule has 4 rings (SSSR count). The fraction of sp³-hybridized carbons (Fsp3) is 0.190. The van der Waals surface area contributed by atoms with Crippen LogP contribution >= 0.6 is 23.2 Å². The van der Waals surface area contributed by atoms with Crippen LogP contribution < -0.4 is 14.4 Å². The number of aromatic nitrogens is 3. The van der Waals surface area contributed by atoms with E-state index in [1.54, 1.807) is 36.4 Å². The molecule has 0 atom stereocenters. The van der Waals surface area contributed by atoms with Gasteiger partial charge in [0.2, 0.25) is 5.95 Å². The van der Waals surface area contributed by atoms with E-state index in [1.807, 2.05) is 4.90 Å². The summed E-state index contributed by atoms with van der Waals surface area (Å²) in [5.41, 5.74) is 0.311. The van der Waals surface area contributed by atoms with Crippen molar-refractivity contribution in [1.29, 1.82) is 0 Å². The molecule has 1 fully saturated rings. The zero-order valence-electron chi connectivity index (χ0n) is 16.5. The summed E-state index contributed by atoms with van der Waals surface area (Å²) in [5.74, 6) is 0.639. The number of nitrogens with zero attached hydrogens (tertiary/aromatic N) is 4. The van der Waals surface area contributed by atoms with Crippen LogP contribution in [0.2, 0.25) is 0 Å².